The lowest BCUT2D eigenvalue weighted by Gasteiger charge is -2.17. The molecule has 0 heterocycles. The maximum Gasteiger partial charge on any atom is 0.269 e. The minimum atomic E-state index is -0.534. The Bertz CT molecular complexity index is 1040. The summed E-state index contributed by atoms with van der Waals surface area (Å²) in [6.07, 6.45) is 0. The normalized spacial score (nSPS) is 11.4. The Labute approximate surface area is 177 Å². The van der Waals surface area contributed by atoms with Crippen LogP contribution in [-0.4, -0.2) is 16.7 Å². The molecule has 0 fully saturated rings. The summed E-state index contributed by atoms with van der Waals surface area (Å²) >= 11 is 1.37. The second-order valence-electron chi connectivity index (χ2n) is 6.41. The minimum absolute atomic E-state index is 0.0405. The Balaban J connectivity index is 1.79. The summed E-state index contributed by atoms with van der Waals surface area (Å²) in [5.41, 5.74) is 1.95. The number of carbonyl (C=O) groups is 2. The van der Waals surface area contributed by atoms with Crippen molar-refractivity contribution in [2.75, 3.05) is 10.6 Å². The van der Waals surface area contributed by atoms with Gasteiger partial charge in [0.1, 0.15) is 5.25 Å². The van der Waals surface area contributed by atoms with Gasteiger partial charge in [-0.3, -0.25) is 19.7 Å². The molecule has 8 heteroatoms. The first-order valence-corrected chi connectivity index (χ1v) is 9.95. The molecule has 3 aromatic rings. The number of benzene rings is 3. The number of rotatable bonds is 7. The van der Waals surface area contributed by atoms with Gasteiger partial charge in [0.25, 0.3) is 5.69 Å². The molecule has 0 aliphatic rings. The Morgan fingerprint density at radius 1 is 0.867 bits per heavy atom. The van der Waals surface area contributed by atoms with E-state index in [2.05, 4.69) is 10.6 Å². The van der Waals surface area contributed by atoms with Crippen LogP contribution < -0.4 is 10.6 Å². The SMILES string of the molecule is CC(=O)Nc1ccc(SC(C(=O)Nc2ccc([N+](=O)[O-])cc2)c2ccccc2)cc1. The predicted octanol–water partition coefficient (Wildman–Crippen LogP) is 5.03. The molecule has 152 valence electrons. The van der Waals surface area contributed by atoms with E-state index in [0.29, 0.717) is 11.4 Å². The highest BCUT2D eigenvalue weighted by atomic mass is 32.2. The topological polar surface area (TPSA) is 101 Å². The fourth-order valence-corrected chi connectivity index (χ4v) is 3.76. The first kappa shape index (κ1) is 21.1. The third kappa shape index (κ3) is 5.68. The molecule has 0 radical (unpaired) electrons. The molecule has 2 amide bonds. The molecule has 1 atom stereocenters. The van der Waals surface area contributed by atoms with E-state index in [1.165, 1.54) is 43.0 Å². The molecule has 0 saturated carbocycles. The first-order chi connectivity index (χ1) is 14.4. The van der Waals surface area contributed by atoms with Crippen LogP contribution in [0.2, 0.25) is 0 Å². The van der Waals surface area contributed by atoms with Gasteiger partial charge in [-0.1, -0.05) is 30.3 Å². The lowest BCUT2D eigenvalue weighted by atomic mass is 10.1. The predicted molar refractivity (Wildman–Crippen MR) is 118 cm³/mol. The van der Waals surface area contributed by atoms with Crippen molar-refractivity contribution in [1.82, 2.24) is 0 Å². The second kappa shape index (κ2) is 9.71. The fourth-order valence-electron chi connectivity index (χ4n) is 2.73. The molecule has 3 aromatic carbocycles. The van der Waals surface area contributed by atoms with Crippen molar-refractivity contribution in [3.8, 4) is 0 Å². The highest BCUT2D eigenvalue weighted by Crippen LogP contribution is 2.36. The highest BCUT2D eigenvalue weighted by molar-refractivity contribution is 8.00. The van der Waals surface area contributed by atoms with Crippen LogP contribution in [0.4, 0.5) is 17.1 Å². The number of anilines is 2. The van der Waals surface area contributed by atoms with Crippen molar-refractivity contribution in [3.05, 3.63) is 94.5 Å². The molecule has 0 aromatic heterocycles. The van der Waals surface area contributed by atoms with E-state index in [9.17, 15) is 19.7 Å². The smallest absolute Gasteiger partial charge is 0.269 e. The molecule has 30 heavy (non-hydrogen) atoms. The van der Waals surface area contributed by atoms with E-state index in [1.807, 2.05) is 42.5 Å². The van der Waals surface area contributed by atoms with Crippen molar-refractivity contribution in [3.63, 3.8) is 0 Å². The molecule has 0 spiro atoms. The van der Waals surface area contributed by atoms with Crippen LogP contribution in [0.15, 0.2) is 83.8 Å². The molecule has 1 unspecified atom stereocenters. The van der Waals surface area contributed by atoms with Gasteiger partial charge in [-0.2, -0.15) is 0 Å². The lowest BCUT2D eigenvalue weighted by Crippen LogP contribution is -2.19. The number of nitrogens with one attached hydrogen (secondary N) is 2. The number of nitro benzene ring substituents is 1. The second-order valence-corrected chi connectivity index (χ2v) is 7.59. The summed E-state index contributed by atoms with van der Waals surface area (Å²) in [4.78, 5) is 35.4. The van der Waals surface area contributed by atoms with Crippen LogP contribution in [0.25, 0.3) is 0 Å². The number of amides is 2. The summed E-state index contributed by atoms with van der Waals surface area (Å²) in [5, 5.41) is 15.8. The molecule has 0 aliphatic carbocycles. The maximum atomic E-state index is 13.0. The summed E-state index contributed by atoms with van der Waals surface area (Å²) in [7, 11) is 0. The molecular weight excluding hydrogens is 402 g/mol. The van der Waals surface area contributed by atoms with Gasteiger partial charge in [0.05, 0.1) is 4.92 Å². The van der Waals surface area contributed by atoms with E-state index in [4.69, 9.17) is 0 Å². The number of hydrogen-bond acceptors (Lipinski definition) is 5. The van der Waals surface area contributed by atoms with Gasteiger partial charge in [-0.25, -0.2) is 0 Å². The van der Waals surface area contributed by atoms with Crippen LogP contribution in [0, 0.1) is 10.1 Å². The lowest BCUT2D eigenvalue weighted by molar-refractivity contribution is -0.384. The van der Waals surface area contributed by atoms with Crippen molar-refractivity contribution < 1.29 is 14.5 Å². The highest BCUT2D eigenvalue weighted by Gasteiger charge is 2.22. The molecule has 2 N–H and O–H groups in total. The van der Waals surface area contributed by atoms with Gasteiger partial charge in [0.15, 0.2) is 0 Å². The summed E-state index contributed by atoms with van der Waals surface area (Å²) < 4.78 is 0. The Morgan fingerprint density at radius 2 is 1.43 bits per heavy atom. The quantitative estimate of drug-likeness (QED) is 0.317. The van der Waals surface area contributed by atoms with E-state index < -0.39 is 10.2 Å². The van der Waals surface area contributed by atoms with Crippen molar-refractivity contribution in [1.29, 1.82) is 0 Å². The van der Waals surface area contributed by atoms with Crippen molar-refractivity contribution >= 4 is 40.6 Å². The number of carbonyl (C=O) groups excluding carboxylic acids is 2. The first-order valence-electron chi connectivity index (χ1n) is 9.07. The van der Waals surface area contributed by atoms with Crippen LogP contribution in [0.1, 0.15) is 17.7 Å². The van der Waals surface area contributed by atoms with E-state index >= 15 is 0 Å². The molecule has 0 bridgehead atoms. The molecule has 3 rings (SSSR count). The van der Waals surface area contributed by atoms with Crippen LogP contribution >= 0.6 is 11.8 Å². The minimum Gasteiger partial charge on any atom is -0.326 e. The van der Waals surface area contributed by atoms with Crippen LogP contribution in [0.3, 0.4) is 0 Å². The van der Waals surface area contributed by atoms with Gasteiger partial charge in [0, 0.05) is 35.3 Å². The Morgan fingerprint density at radius 3 is 2.00 bits per heavy atom. The van der Waals surface area contributed by atoms with Gasteiger partial charge < -0.3 is 10.6 Å². The number of nitro groups is 1. The monoisotopic (exact) mass is 421 g/mol. The van der Waals surface area contributed by atoms with Gasteiger partial charge in [-0.15, -0.1) is 11.8 Å². The van der Waals surface area contributed by atoms with Crippen molar-refractivity contribution in [2.45, 2.75) is 17.1 Å². The summed E-state index contributed by atoms with van der Waals surface area (Å²) in [5.74, 6) is -0.397. The zero-order chi connectivity index (χ0) is 21.5. The number of thioether (sulfide) groups is 1. The van der Waals surface area contributed by atoms with Gasteiger partial charge in [-0.05, 0) is 42.0 Å². The maximum absolute atomic E-state index is 13.0. The Hall–Kier alpha value is -3.65. The number of nitrogens with zero attached hydrogens (tertiary/aromatic N) is 1. The standard InChI is InChI=1S/C22H19N3O4S/c1-15(26)23-17-9-13-20(14-10-17)30-21(16-5-3-2-4-6-16)22(27)24-18-7-11-19(12-8-18)25(28)29/h2-14,21H,1H3,(H,23,26)(H,24,27). The average molecular weight is 421 g/mol. The molecular formula is C22H19N3O4S. The molecule has 0 aliphatic heterocycles. The van der Waals surface area contributed by atoms with E-state index in [1.54, 1.807) is 12.1 Å². The van der Waals surface area contributed by atoms with Crippen LogP contribution in [-0.2, 0) is 9.59 Å². The van der Waals surface area contributed by atoms with E-state index in [-0.39, 0.29) is 17.5 Å². The number of non-ortho nitro benzene ring substituents is 1. The molecule has 0 saturated heterocycles. The summed E-state index contributed by atoms with van der Waals surface area (Å²) in [6, 6.07) is 22.3. The third-order valence-corrected chi connectivity index (χ3v) is 5.38. The van der Waals surface area contributed by atoms with Gasteiger partial charge in [0.2, 0.25) is 11.8 Å². The summed E-state index contributed by atoms with van der Waals surface area (Å²) in [6.45, 7) is 1.44. The third-order valence-electron chi connectivity index (χ3n) is 4.11. The zero-order valence-corrected chi connectivity index (χ0v) is 16.9. The van der Waals surface area contributed by atoms with Crippen molar-refractivity contribution in [2.24, 2.45) is 0 Å². The fraction of sp³-hybridized carbons (Fsp3) is 0.0909. The Kier molecular flexibility index (Phi) is 6.82. The van der Waals surface area contributed by atoms with Crippen LogP contribution in [0.5, 0.6) is 0 Å². The number of hydrogen-bond donors (Lipinski definition) is 2. The van der Waals surface area contributed by atoms with Gasteiger partial charge >= 0.3 is 0 Å². The largest absolute Gasteiger partial charge is 0.326 e. The average Bonchev–Trinajstić information content (AvgIpc) is 2.73. The van der Waals surface area contributed by atoms with E-state index in [0.717, 1.165) is 10.5 Å². The zero-order valence-electron chi connectivity index (χ0n) is 16.1. The molecule has 7 nitrogen and oxygen atoms in total.